The number of para-hydroxylation sites is 1. The Balaban J connectivity index is 1.91. The Bertz CT molecular complexity index is 903. The molecule has 1 heterocycles. The van der Waals surface area contributed by atoms with Crippen LogP contribution in [-0.2, 0) is 4.79 Å². The molecule has 3 rings (SSSR count). The smallest absolute Gasteiger partial charge is 0.331 e. The molecule has 7 heteroatoms. The average Bonchev–Trinajstić information content (AvgIpc) is 2.99. The van der Waals surface area contributed by atoms with Crippen molar-refractivity contribution in [2.45, 2.75) is 6.04 Å². The van der Waals surface area contributed by atoms with Crippen LogP contribution < -0.4 is 5.32 Å². The van der Waals surface area contributed by atoms with Gasteiger partial charge in [-0.2, -0.15) is 0 Å². The molecule has 0 aliphatic carbocycles. The molecule has 0 fully saturated rings. The van der Waals surface area contributed by atoms with Gasteiger partial charge in [-0.05, 0) is 30.3 Å². The van der Waals surface area contributed by atoms with E-state index in [9.17, 15) is 23.5 Å². The van der Waals surface area contributed by atoms with Crippen molar-refractivity contribution in [2.24, 2.45) is 0 Å². The molecule has 3 aromatic rings. The van der Waals surface area contributed by atoms with E-state index in [0.29, 0.717) is 5.52 Å². The molecule has 122 valence electrons. The normalized spacial score (nSPS) is 12.1. The molecular formula is C17H12F2N2O3. The number of halogens is 2. The first-order valence-electron chi connectivity index (χ1n) is 7.02. The summed E-state index contributed by atoms with van der Waals surface area (Å²) in [7, 11) is 0. The van der Waals surface area contributed by atoms with Gasteiger partial charge in [0, 0.05) is 16.5 Å². The maximum Gasteiger partial charge on any atom is 0.331 e. The third-order valence-electron chi connectivity index (χ3n) is 3.57. The lowest BCUT2D eigenvalue weighted by Gasteiger charge is -2.15. The first-order valence-corrected chi connectivity index (χ1v) is 7.02. The maximum absolute atomic E-state index is 13.8. The third kappa shape index (κ3) is 2.96. The topological polar surface area (TPSA) is 82.2 Å². The van der Waals surface area contributed by atoms with Crippen LogP contribution >= 0.6 is 0 Å². The number of carboxylic acid groups (broad SMARTS) is 1. The first-order chi connectivity index (χ1) is 11.5. The molecule has 5 nitrogen and oxygen atoms in total. The number of nitrogens with one attached hydrogen (secondary N) is 2. The molecule has 1 amide bonds. The van der Waals surface area contributed by atoms with E-state index in [0.717, 1.165) is 23.6 Å². The van der Waals surface area contributed by atoms with Crippen LogP contribution in [0.5, 0.6) is 0 Å². The highest BCUT2D eigenvalue weighted by Gasteiger charge is 2.26. The Kier molecular flexibility index (Phi) is 3.99. The molecule has 0 saturated carbocycles. The zero-order valence-electron chi connectivity index (χ0n) is 12.2. The van der Waals surface area contributed by atoms with Crippen molar-refractivity contribution in [1.82, 2.24) is 10.3 Å². The Hall–Kier alpha value is -3.22. The predicted octanol–water partition coefficient (Wildman–Crippen LogP) is 3.00. The predicted molar refractivity (Wildman–Crippen MR) is 82.5 cm³/mol. The number of aromatic nitrogens is 1. The lowest BCUT2D eigenvalue weighted by molar-refractivity contribution is -0.139. The number of carbonyl (C=O) groups is 2. The van der Waals surface area contributed by atoms with Crippen molar-refractivity contribution in [1.29, 1.82) is 0 Å². The molecule has 2 aromatic carbocycles. The van der Waals surface area contributed by atoms with Crippen LogP contribution in [0.3, 0.4) is 0 Å². The van der Waals surface area contributed by atoms with Gasteiger partial charge in [-0.1, -0.05) is 18.2 Å². The minimum atomic E-state index is -1.71. The van der Waals surface area contributed by atoms with Gasteiger partial charge in [0.2, 0.25) is 0 Å². The van der Waals surface area contributed by atoms with E-state index < -0.39 is 35.1 Å². The fraction of sp³-hybridized carbons (Fsp3) is 0.0588. The van der Waals surface area contributed by atoms with Crippen molar-refractivity contribution >= 4 is 22.8 Å². The number of rotatable bonds is 4. The number of H-pyrrole nitrogens is 1. The molecule has 1 aromatic heterocycles. The average molecular weight is 330 g/mol. The van der Waals surface area contributed by atoms with E-state index in [1.165, 1.54) is 0 Å². The number of amides is 1. The lowest BCUT2D eigenvalue weighted by atomic mass is 10.1. The van der Waals surface area contributed by atoms with Gasteiger partial charge in [-0.3, -0.25) is 4.79 Å². The minimum absolute atomic E-state index is 0.124. The number of carboxylic acids is 1. The van der Waals surface area contributed by atoms with Gasteiger partial charge in [0.15, 0.2) is 6.04 Å². The van der Waals surface area contributed by atoms with Crippen molar-refractivity contribution in [3.63, 3.8) is 0 Å². The summed E-state index contributed by atoms with van der Waals surface area (Å²) in [5.74, 6) is -3.94. The molecule has 3 N–H and O–H groups in total. The van der Waals surface area contributed by atoms with Crippen molar-refractivity contribution in [3.05, 3.63) is 71.4 Å². The minimum Gasteiger partial charge on any atom is -0.479 e. The number of hydrogen-bond donors (Lipinski definition) is 3. The summed E-state index contributed by atoms with van der Waals surface area (Å²) < 4.78 is 27.1. The van der Waals surface area contributed by atoms with Gasteiger partial charge >= 0.3 is 5.97 Å². The standard InChI is InChI=1S/C17H12F2N2O3/c18-10-5-6-12(19)11(8-10)15(17(23)24)21-16(22)14-7-9-3-1-2-4-13(9)20-14/h1-8,15,20H,(H,21,22)(H,23,24). The fourth-order valence-corrected chi connectivity index (χ4v) is 2.41. The zero-order valence-corrected chi connectivity index (χ0v) is 12.2. The Labute approximate surface area is 134 Å². The van der Waals surface area contributed by atoms with Crippen LogP contribution in [0.4, 0.5) is 8.78 Å². The molecule has 0 aliphatic rings. The number of hydrogen-bond acceptors (Lipinski definition) is 2. The quantitative estimate of drug-likeness (QED) is 0.688. The number of aromatic amines is 1. The first kappa shape index (κ1) is 15.7. The highest BCUT2D eigenvalue weighted by Crippen LogP contribution is 2.20. The van der Waals surface area contributed by atoms with Gasteiger partial charge in [0.05, 0.1) is 0 Å². The fourth-order valence-electron chi connectivity index (χ4n) is 2.41. The maximum atomic E-state index is 13.8. The summed E-state index contributed by atoms with van der Waals surface area (Å²) in [5.41, 5.74) is 0.373. The van der Waals surface area contributed by atoms with Crippen molar-refractivity contribution < 1.29 is 23.5 Å². The van der Waals surface area contributed by atoms with Crippen LogP contribution in [0, 0.1) is 11.6 Å². The Morgan fingerprint density at radius 2 is 1.83 bits per heavy atom. The molecule has 0 spiro atoms. The Morgan fingerprint density at radius 3 is 2.54 bits per heavy atom. The van der Waals surface area contributed by atoms with Crippen molar-refractivity contribution in [2.75, 3.05) is 0 Å². The number of aliphatic carboxylic acids is 1. The SMILES string of the molecule is O=C(NC(C(=O)O)c1cc(F)ccc1F)c1cc2ccccc2[nH]1. The van der Waals surface area contributed by atoms with E-state index in [-0.39, 0.29) is 5.69 Å². The van der Waals surface area contributed by atoms with Crippen LogP contribution in [0.1, 0.15) is 22.1 Å². The zero-order chi connectivity index (χ0) is 17.3. The summed E-state index contributed by atoms with van der Waals surface area (Å²) in [5, 5.41) is 12.2. The number of carbonyl (C=O) groups excluding carboxylic acids is 1. The molecule has 0 radical (unpaired) electrons. The molecule has 1 atom stereocenters. The second kappa shape index (κ2) is 6.11. The van der Waals surface area contributed by atoms with Crippen LogP contribution in [-0.4, -0.2) is 22.0 Å². The van der Waals surface area contributed by atoms with E-state index in [4.69, 9.17) is 0 Å². The molecule has 1 unspecified atom stereocenters. The molecule has 24 heavy (non-hydrogen) atoms. The summed E-state index contributed by atoms with van der Waals surface area (Å²) in [4.78, 5) is 26.5. The highest BCUT2D eigenvalue weighted by atomic mass is 19.1. The summed E-state index contributed by atoms with van der Waals surface area (Å²) in [6, 6.07) is 9.39. The number of fused-ring (bicyclic) bond motifs is 1. The largest absolute Gasteiger partial charge is 0.479 e. The second-order valence-corrected chi connectivity index (χ2v) is 5.18. The monoisotopic (exact) mass is 330 g/mol. The van der Waals surface area contributed by atoms with Crippen molar-refractivity contribution in [3.8, 4) is 0 Å². The van der Waals surface area contributed by atoms with E-state index in [1.54, 1.807) is 30.3 Å². The highest BCUT2D eigenvalue weighted by molar-refractivity contribution is 5.99. The molecular weight excluding hydrogens is 318 g/mol. The summed E-state index contributed by atoms with van der Waals surface area (Å²) >= 11 is 0. The molecule has 0 saturated heterocycles. The number of benzene rings is 2. The third-order valence-corrected chi connectivity index (χ3v) is 3.57. The van der Waals surface area contributed by atoms with Gasteiger partial charge in [-0.25, -0.2) is 13.6 Å². The van der Waals surface area contributed by atoms with E-state index in [2.05, 4.69) is 10.3 Å². The van der Waals surface area contributed by atoms with Gasteiger partial charge in [-0.15, -0.1) is 0 Å². The van der Waals surface area contributed by atoms with E-state index in [1.807, 2.05) is 0 Å². The van der Waals surface area contributed by atoms with Crippen LogP contribution in [0.25, 0.3) is 10.9 Å². The van der Waals surface area contributed by atoms with E-state index >= 15 is 0 Å². The Morgan fingerprint density at radius 1 is 1.08 bits per heavy atom. The summed E-state index contributed by atoms with van der Waals surface area (Å²) in [6.07, 6.45) is 0. The second-order valence-electron chi connectivity index (χ2n) is 5.18. The van der Waals surface area contributed by atoms with Crippen LogP contribution in [0.15, 0.2) is 48.5 Å². The van der Waals surface area contributed by atoms with Gasteiger partial charge in [0.25, 0.3) is 5.91 Å². The molecule has 0 aliphatic heterocycles. The lowest BCUT2D eigenvalue weighted by Crippen LogP contribution is -2.34. The molecule has 0 bridgehead atoms. The van der Waals surface area contributed by atoms with Gasteiger partial charge < -0.3 is 15.4 Å². The summed E-state index contributed by atoms with van der Waals surface area (Å²) in [6.45, 7) is 0. The van der Waals surface area contributed by atoms with Crippen LogP contribution in [0.2, 0.25) is 0 Å². The van der Waals surface area contributed by atoms with Gasteiger partial charge in [0.1, 0.15) is 17.3 Å².